The second-order valence-electron chi connectivity index (χ2n) is 7.61. The number of carbonyl (C=O) groups excluding carboxylic acids is 3. The van der Waals surface area contributed by atoms with Gasteiger partial charge in [0, 0.05) is 49.6 Å². The van der Waals surface area contributed by atoms with Crippen LogP contribution in [0.25, 0.3) is 0 Å². The summed E-state index contributed by atoms with van der Waals surface area (Å²) < 4.78 is 26.9. The molecule has 0 aliphatic carbocycles. The molecule has 2 N–H and O–H groups in total. The van der Waals surface area contributed by atoms with E-state index >= 15 is 0 Å². The fourth-order valence-corrected chi connectivity index (χ4v) is 4.92. The van der Waals surface area contributed by atoms with Crippen LogP contribution in [0.15, 0.2) is 53.4 Å². The summed E-state index contributed by atoms with van der Waals surface area (Å²) in [4.78, 5) is 38.2. The van der Waals surface area contributed by atoms with Crippen molar-refractivity contribution in [2.45, 2.75) is 24.7 Å². The van der Waals surface area contributed by atoms with Crippen molar-refractivity contribution in [3.05, 3.63) is 64.7 Å². The zero-order valence-corrected chi connectivity index (χ0v) is 19.7. The van der Waals surface area contributed by atoms with Crippen LogP contribution in [0.2, 0.25) is 5.02 Å². The van der Waals surface area contributed by atoms with E-state index in [0.717, 1.165) is 5.56 Å². The maximum Gasteiger partial charge on any atom is 0.269 e. The molecule has 1 heterocycles. The molecule has 3 rings (SSSR count). The minimum atomic E-state index is -3.61. The number of hydrogen-bond acceptors (Lipinski definition) is 5. The quantitative estimate of drug-likeness (QED) is 0.596. The van der Waals surface area contributed by atoms with Gasteiger partial charge in [0.25, 0.3) is 5.91 Å². The van der Waals surface area contributed by atoms with Gasteiger partial charge in [0.15, 0.2) is 0 Å². The number of hydrogen-bond donors (Lipinski definition) is 2. The van der Waals surface area contributed by atoms with Gasteiger partial charge in [-0.15, -0.1) is 0 Å². The average molecular weight is 493 g/mol. The molecular weight excluding hydrogens is 468 g/mol. The molecule has 0 aromatic heterocycles. The normalized spacial score (nSPS) is 14.5. The Morgan fingerprint density at radius 3 is 2.24 bits per heavy atom. The minimum absolute atomic E-state index is 0.0520. The third-order valence-electron chi connectivity index (χ3n) is 5.22. The fourth-order valence-electron chi connectivity index (χ4n) is 3.31. The first-order chi connectivity index (χ1) is 15.7. The van der Waals surface area contributed by atoms with Crippen LogP contribution in [0, 0.1) is 6.92 Å². The molecule has 1 fully saturated rings. The van der Waals surface area contributed by atoms with E-state index in [4.69, 9.17) is 11.6 Å². The number of piperazine rings is 1. The highest BCUT2D eigenvalue weighted by Gasteiger charge is 2.30. The zero-order chi connectivity index (χ0) is 24.0. The van der Waals surface area contributed by atoms with Crippen LogP contribution < -0.4 is 10.9 Å². The molecule has 11 heteroatoms. The number of aryl methyl sites for hydroxylation is 1. The Hall–Kier alpha value is -2.95. The summed E-state index contributed by atoms with van der Waals surface area (Å²) >= 11 is 5.83. The molecule has 0 radical (unpaired) electrons. The summed E-state index contributed by atoms with van der Waals surface area (Å²) in [7, 11) is -3.61. The van der Waals surface area contributed by atoms with Crippen molar-refractivity contribution in [2.24, 2.45) is 0 Å². The first kappa shape index (κ1) is 24.7. The van der Waals surface area contributed by atoms with Crippen LogP contribution >= 0.6 is 11.6 Å². The van der Waals surface area contributed by atoms with Gasteiger partial charge in [-0.1, -0.05) is 35.4 Å². The first-order valence-electron chi connectivity index (χ1n) is 10.4. The first-order valence-corrected chi connectivity index (χ1v) is 12.2. The number of nitrogens with zero attached hydrogens (tertiary/aromatic N) is 2. The van der Waals surface area contributed by atoms with Gasteiger partial charge in [-0.2, -0.15) is 4.31 Å². The van der Waals surface area contributed by atoms with Gasteiger partial charge >= 0.3 is 0 Å². The average Bonchev–Trinajstić information content (AvgIpc) is 2.81. The molecule has 1 saturated heterocycles. The van der Waals surface area contributed by atoms with Crippen molar-refractivity contribution in [1.29, 1.82) is 0 Å². The van der Waals surface area contributed by atoms with E-state index < -0.39 is 21.8 Å². The van der Waals surface area contributed by atoms with Crippen LogP contribution in [0.1, 0.15) is 28.8 Å². The molecule has 0 spiro atoms. The molecule has 9 nitrogen and oxygen atoms in total. The Bertz CT molecular complexity index is 1130. The van der Waals surface area contributed by atoms with E-state index in [-0.39, 0.29) is 55.4 Å². The fraction of sp³-hybridized carbons (Fsp3) is 0.318. The summed E-state index contributed by atoms with van der Waals surface area (Å²) in [6.45, 7) is 2.75. The summed E-state index contributed by atoms with van der Waals surface area (Å²) in [5.41, 5.74) is 5.80. The molecule has 1 aliphatic rings. The van der Waals surface area contributed by atoms with Crippen molar-refractivity contribution >= 4 is 39.3 Å². The van der Waals surface area contributed by atoms with Gasteiger partial charge < -0.3 is 4.90 Å². The molecule has 3 amide bonds. The van der Waals surface area contributed by atoms with E-state index in [0.29, 0.717) is 5.02 Å². The second kappa shape index (κ2) is 10.8. The number of sulfonamides is 1. The van der Waals surface area contributed by atoms with Crippen LogP contribution in [0.4, 0.5) is 0 Å². The lowest BCUT2D eigenvalue weighted by Crippen LogP contribution is -2.50. The Kier molecular flexibility index (Phi) is 8.06. The molecule has 0 atom stereocenters. The topological polar surface area (TPSA) is 116 Å². The minimum Gasteiger partial charge on any atom is -0.340 e. The maximum atomic E-state index is 12.8. The molecule has 1 aliphatic heterocycles. The van der Waals surface area contributed by atoms with E-state index in [2.05, 4.69) is 10.9 Å². The Morgan fingerprint density at radius 1 is 0.939 bits per heavy atom. The van der Waals surface area contributed by atoms with Crippen LogP contribution in [0.5, 0.6) is 0 Å². The lowest BCUT2D eigenvalue weighted by Gasteiger charge is -2.34. The third kappa shape index (κ3) is 6.53. The van der Waals surface area contributed by atoms with Gasteiger partial charge in [-0.05, 0) is 37.3 Å². The summed E-state index contributed by atoms with van der Waals surface area (Å²) in [5.74, 6) is -1.29. The van der Waals surface area contributed by atoms with Gasteiger partial charge in [0.1, 0.15) is 0 Å². The van der Waals surface area contributed by atoms with Crippen molar-refractivity contribution in [3.8, 4) is 0 Å². The zero-order valence-electron chi connectivity index (χ0n) is 18.1. The number of benzene rings is 2. The summed E-state index contributed by atoms with van der Waals surface area (Å²) in [6.07, 6.45) is -0.167. The lowest BCUT2D eigenvalue weighted by molar-refractivity contribution is -0.134. The SMILES string of the molecule is Cc1ccc(S(=O)(=O)N2CCN(C(=O)CCC(=O)NNC(=O)c3cccc(Cl)c3)CC2)cc1. The Balaban J connectivity index is 1.42. The Labute approximate surface area is 197 Å². The number of rotatable bonds is 6. The van der Waals surface area contributed by atoms with Crippen molar-refractivity contribution in [3.63, 3.8) is 0 Å². The molecule has 33 heavy (non-hydrogen) atoms. The number of amides is 3. The van der Waals surface area contributed by atoms with Crippen molar-refractivity contribution in [2.75, 3.05) is 26.2 Å². The Morgan fingerprint density at radius 2 is 1.61 bits per heavy atom. The molecular formula is C22H25ClN4O5S. The molecule has 0 bridgehead atoms. The third-order valence-corrected chi connectivity index (χ3v) is 7.37. The highest BCUT2D eigenvalue weighted by atomic mass is 35.5. The van der Waals surface area contributed by atoms with Gasteiger partial charge in [0.2, 0.25) is 21.8 Å². The smallest absolute Gasteiger partial charge is 0.269 e. The highest BCUT2D eigenvalue weighted by molar-refractivity contribution is 7.89. The predicted molar refractivity (Wildman–Crippen MR) is 123 cm³/mol. The standard InChI is InChI=1S/C22H25ClN4O5S/c1-16-5-7-19(8-6-16)33(31,32)27-13-11-26(12-14-27)21(29)10-9-20(28)24-25-22(30)17-3-2-4-18(23)15-17/h2-8,15H,9-14H2,1H3,(H,24,28)(H,25,30). The molecule has 176 valence electrons. The largest absolute Gasteiger partial charge is 0.340 e. The number of hydrazine groups is 1. The maximum absolute atomic E-state index is 12.8. The lowest BCUT2D eigenvalue weighted by atomic mass is 10.2. The predicted octanol–water partition coefficient (Wildman–Crippen LogP) is 1.72. The number of nitrogens with one attached hydrogen (secondary N) is 2. The molecule has 2 aromatic carbocycles. The second-order valence-corrected chi connectivity index (χ2v) is 9.98. The molecule has 0 unspecified atom stereocenters. The van der Waals surface area contributed by atoms with E-state index in [1.54, 1.807) is 47.4 Å². The van der Waals surface area contributed by atoms with E-state index in [9.17, 15) is 22.8 Å². The molecule has 0 saturated carbocycles. The number of carbonyl (C=O) groups is 3. The number of halogens is 1. The van der Waals surface area contributed by atoms with Crippen LogP contribution in [-0.4, -0.2) is 61.5 Å². The van der Waals surface area contributed by atoms with Gasteiger partial charge in [-0.3, -0.25) is 25.2 Å². The van der Waals surface area contributed by atoms with Crippen molar-refractivity contribution < 1.29 is 22.8 Å². The van der Waals surface area contributed by atoms with E-state index in [1.165, 1.54) is 10.4 Å². The highest BCUT2D eigenvalue weighted by Crippen LogP contribution is 2.18. The summed E-state index contributed by atoms with van der Waals surface area (Å²) in [5, 5.41) is 0.395. The van der Waals surface area contributed by atoms with Gasteiger partial charge in [0.05, 0.1) is 4.90 Å². The van der Waals surface area contributed by atoms with Crippen LogP contribution in [0.3, 0.4) is 0 Å². The van der Waals surface area contributed by atoms with Crippen molar-refractivity contribution in [1.82, 2.24) is 20.1 Å². The van der Waals surface area contributed by atoms with E-state index in [1.807, 2.05) is 6.92 Å². The van der Waals surface area contributed by atoms with Crippen LogP contribution in [-0.2, 0) is 19.6 Å². The summed E-state index contributed by atoms with van der Waals surface area (Å²) in [6, 6.07) is 12.9. The van der Waals surface area contributed by atoms with Gasteiger partial charge in [-0.25, -0.2) is 8.42 Å². The monoisotopic (exact) mass is 492 g/mol. The molecule has 2 aromatic rings.